The number of thioether (sulfide) groups is 1. The van der Waals surface area contributed by atoms with Crippen molar-refractivity contribution < 1.29 is 9.13 Å². The molecule has 3 rings (SSSR count). The average Bonchev–Trinajstić information content (AvgIpc) is 2.83. The molecule has 4 heteroatoms. The van der Waals surface area contributed by atoms with Crippen molar-refractivity contribution in [1.29, 1.82) is 0 Å². The predicted molar refractivity (Wildman–Crippen MR) is 77.4 cm³/mol. The van der Waals surface area contributed by atoms with E-state index in [4.69, 9.17) is 4.74 Å². The van der Waals surface area contributed by atoms with Crippen LogP contribution in [0.1, 0.15) is 37.8 Å². The fourth-order valence-electron chi connectivity index (χ4n) is 2.97. The van der Waals surface area contributed by atoms with E-state index in [-0.39, 0.29) is 11.4 Å². The van der Waals surface area contributed by atoms with E-state index in [0.29, 0.717) is 6.04 Å². The number of halogens is 1. The van der Waals surface area contributed by atoms with Crippen LogP contribution in [0.15, 0.2) is 18.2 Å². The lowest BCUT2D eigenvalue weighted by Gasteiger charge is -2.40. The van der Waals surface area contributed by atoms with Crippen molar-refractivity contribution in [2.75, 3.05) is 18.1 Å². The molecule has 2 aliphatic rings. The zero-order chi connectivity index (χ0) is 13.3. The van der Waals surface area contributed by atoms with Crippen LogP contribution in [0.5, 0.6) is 5.75 Å². The maximum atomic E-state index is 13.4. The third-order valence-corrected chi connectivity index (χ3v) is 5.18. The quantitative estimate of drug-likeness (QED) is 0.916. The normalized spacial score (nSPS) is 29.3. The summed E-state index contributed by atoms with van der Waals surface area (Å²) >= 11 is 1.94. The van der Waals surface area contributed by atoms with Gasteiger partial charge in [-0.1, -0.05) is 13.0 Å². The highest BCUT2D eigenvalue weighted by atomic mass is 32.2. The highest BCUT2D eigenvalue weighted by molar-refractivity contribution is 7.99. The van der Waals surface area contributed by atoms with Crippen molar-refractivity contribution in [3.63, 3.8) is 0 Å². The summed E-state index contributed by atoms with van der Waals surface area (Å²) in [6.07, 6.45) is 3.17. The van der Waals surface area contributed by atoms with Crippen LogP contribution in [0.25, 0.3) is 0 Å². The van der Waals surface area contributed by atoms with Crippen molar-refractivity contribution in [3.05, 3.63) is 29.6 Å². The van der Waals surface area contributed by atoms with Gasteiger partial charge in [-0.2, -0.15) is 11.8 Å². The molecule has 2 unspecified atom stereocenters. The first-order valence-corrected chi connectivity index (χ1v) is 8.17. The highest BCUT2D eigenvalue weighted by Crippen LogP contribution is 2.45. The molecular weight excluding hydrogens is 261 g/mol. The van der Waals surface area contributed by atoms with E-state index in [9.17, 15) is 4.39 Å². The molecule has 2 aliphatic heterocycles. The Kier molecular flexibility index (Phi) is 3.72. The van der Waals surface area contributed by atoms with Gasteiger partial charge in [0, 0.05) is 29.8 Å². The first kappa shape index (κ1) is 13.3. The second-order valence-electron chi connectivity index (χ2n) is 5.48. The lowest BCUT2D eigenvalue weighted by atomic mass is 9.86. The third-order valence-electron chi connectivity index (χ3n) is 3.96. The maximum absolute atomic E-state index is 13.4. The molecule has 0 saturated carbocycles. The van der Waals surface area contributed by atoms with Gasteiger partial charge in [0.05, 0.1) is 0 Å². The molecule has 1 saturated heterocycles. The average molecular weight is 281 g/mol. The minimum absolute atomic E-state index is 0.0864. The van der Waals surface area contributed by atoms with Gasteiger partial charge in [-0.3, -0.25) is 0 Å². The summed E-state index contributed by atoms with van der Waals surface area (Å²) in [4.78, 5) is 0. The first-order valence-electron chi connectivity index (χ1n) is 7.02. The first-order chi connectivity index (χ1) is 9.22. The van der Waals surface area contributed by atoms with Crippen LogP contribution in [0.2, 0.25) is 0 Å². The molecule has 104 valence electrons. The van der Waals surface area contributed by atoms with Crippen molar-refractivity contribution in [2.24, 2.45) is 0 Å². The van der Waals surface area contributed by atoms with Gasteiger partial charge in [-0.05, 0) is 31.2 Å². The molecule has 1 fully saturated rings. The summed E-state index contributed by atoms with van der Waals surface area (Å²) in [5, 5.41) is 3.59. The molecule has 2 nitrogen and oxygen atoms in total. The van der Waals surface area contributed by atoms with Crippen LogP contribution in [0.3, 0.4) is 0 Å². The second-order valence-corrected chi connectivity index (χ2v) is 6.59. The topological polar surface area (TPSA) is 21.3 Å². The fourth-order valence-corrected chi connectivity index (χ4v) is 4.33. The highest BCUT2D eigenvalue weighted by Gasteiger charge is 2.43. The number of benzene rings is 1. The van der Waals surface area contributed by atoms with E-state index in [1.165, 1.54) is 6.07 Å². The van der Waals surface area contributed by atoms with Gasteiger partial charge in [-0.25, -0.2) is 4.39 Å². The Hall–Kier alpha value is -0.740. The van der Waals surface area contributed by atoms with Crippen LogP contribution < -0.4 is 10.1 Å². The Bertz CT molecular complexity index is 459. The number of hydrogen-bond acceptors (Lipinski definition) is 3. The van der Waals surface area contributed by atoms with Gasteiger partial charge >= 0.3 is 0 Å². The number of nitrogens with one attached hydrogen (secondary N) is 1. The summed E-state index contributed by atoms with van der Waals surface area (Å²) in [7, 11) is 0. The molecule has 0 radical (unpaired) electrons. The Morgan fingerprint density at radius 3 is 3.16 bits per heavy atom. The third kappa shape index (κ3) is 2.61. The van der Waals surface area contributed by atoms with Crippen LogP contribution in [0.4, 0.5) is 4.39 Å². The molecule has 0 aliphatic carbocycles. The number of hydrogen-bond donors (Lipinski definition) is 1. The van der Waals surface area contributed by atoms with Crippen molar-refractivity contribution >= 4 is 11.8 Å². The Morgan fingerprint density at radius 1 is 1.53 bits per heavy atom. The maximum Gasteiger partial charge on any atom is 0.127 e. The lowest BCUT2D eigenvalue weighted by Crippen LogP contribution is -2.44. The van der Waals surface area contributed by atoms with Crippen molar-refractivity contribution in [3.8, 4) is 5.75 Å². The molecule has 1 aromatic carbocycles. The van der Waals surface area contributed by atoms with E-state index in [0.717, 1.165) is 48.6 Å². The van der Waals surface area contributed by atoms with Crippen LogP contribution in [-0.4, -0.2) is 23.7 Å². The van der Waals surface area contributed by atoms with E-state index < -0.39 is 0 Å². The summed E-state index contributed by atoms with van der Waals surface area (Å²) in [6, 6.07) is 5.24. The van der Waals surface area contributed by atoms with Gasteiger partial charge < -0.3 is 10.1 Å². The zero-order valence-electron chi connectivity index (χ0n) is 11.2. The van der Waals surface area contributed by atoms with Crippen LogP contribution in [-0.2, 0) is 0 Å². The van der Waals surface area contributed by atoms with Crippen molar-refractivity contribution in [1.82, 2.24) is 5.32 Å². The van der Waals surface area contributed by atoms with E-state index in [2.05, 4.69) is 12.2 Å². The Balaban J connectivity index is 1.91. The predicted octanol–water partition coefficient (Wildman–Crippen LogP) is 3.52. The van der Waals surface area contributed by atoms with Gasteiger partial charge in [0.25, 0.3) is 0 Å². The molecular formula is C15H20FNOS. The van der Waals surface area contributed by atoms with E-state index in [1.807, 2.05) is 17.8 Å². The summed E-state index contributed by atoms with van der Waals surface area (Å²) in [6.45, 7) is 3.16. The molecule has 2 atom stereocenters. The van der Waals surface area contributed by atoms with Gasteiger partial charge in [0.15, 0.2) is 0 Å². The summed E-state index contributed by atoms with van der Waals surface area (Å²) < 4.78 is 19.6. The number of rotatable bonds is 3. The summed E-state index contributed by atoms with van der Waals surface area (Å²) in [5.41, 5.74) is 1.02. The zero-order valence-corrected chi connectivity index (χ0v) is 12.1. The van der Waals surface area contributed by atoms with Crippen LogP contribution in [0, 0.1) is 5.82 Å². The smallest absolute Gasteiger partial charge is 0.127 e. The Labute approximate surface area is 118 Å². The van der Waals surface area contributed by atoms with Gasteiger partial charge in [0.2, 0.25) is 0 Å². The fraction of sp³-hybridized carbons (Fsp3) is 0.600. The van der Waals surface area contributed by atoms with E-state index in [1.54, 1.807) is 6.07 Å². The minimum atomic E-state index is -0.212. The molecule has 0 aromatic heterocycles. The monoisotopic (exact) mass is 281 g/mol. The molecule has 0 amide bonds. The number of ether oxygens (including phenoxy) is 1. The number of fused-ring (bicyclic) bond motifs is 1. The Morgan fingerprint density at radius 2 is 2.42 bits per heavy atom. The van der Waals surface area contributed by atoms with Gasteiger partial charge in [-0.15, -0.1) is 0 Å². The minimum Gasteiger partial charge on any atom is -0.486 e. The molecule has 1 N–H and O–H groups in total. The molecule has 2 heterocycles. The molecule has 1 aromatic rings. The second kappa shape index (κ2) is 5.33. The largest absolute Gasteiger partial charge is 0.486 e. The lowest BCUT2D eigenvalue weighted by molar-refractivity contribution is 0.0548. The SMILES string of the molecule is CCCNC1CC2(CCSC2)Oc2cc(F)ccc21. The standard InChI is InChI=1S/C15H20FNOS/c1-2-6-17-13-9-15(5-7-19-10-15)18-14-8-11(16)3-4-12(13)14/h3-4,8,13,17H,2,5-7,9-10H2,1H3. The molecule has 1 spiro atoms. The molecule has 19 heavy (non-hydrogen) atoms. The van der Waals surface area contributed by atoms with Gasteiger partial charge in [0.1, 0.15) is 17.2 Å². The van der Waals surface area contributed by atoms with Crippen molar-refractivity contribution in [2.45, 2.75) is 37.8 Å². The van der Waals surface area contributed by atoms with Crippen LogP contribution >= 0.6 is 11.8 Å². The molecule has 0 bridgehead atoms. The summed E-state index contributed by atoms with van der Waals surface area (Å²) in [5.74, 6) is 2.69. The van der Waals surface area contributed by atoms with E-state index >= 15 is 0 Å².